The molecule has 1 aromatic carbocycles. The predicted octanol–water partition coefficient (Wildman–Crippen LogP) is 2.18. The topological polar surface area (TPSA) is 42.1 Å². The highest BCUT2D eigenvalue weighted by atomic mass is 15.1. The van der Waals surface area contributed by atoms with Gasteiger partial charge >= 0.3 is 0 Å². The normalized spacial score (nSPS) is 13.9. The van der Waals surface area contributed by atoms with E-state index in [9.17, 15) is 0 Å². The molecular formula is C13H13N3. The fraction of sp³-hybridized carbons (Fsp3) is 0.154. The Morgan fingerprint density at radius 3 is 2.81 bits per heavy atom. The van der Waals surface area contributed by atoms with E-state index in [1.807, 2.05) is 18.3 Å². The van der Waals surface area contributed by atoms with Gasteiger partial charge in [-0.1, -0.05) is 6.07 Å². The number of nitrogens with two attached hydrogens (primary N) is 1. The van der Waals surface area contributed by atoms with Crippen molar-refractivity contribution in [2.75, 3.05) is 10.6 Å². The maximum atomic E-state index is 5.78. The molecule has 0 atom stereocenters. The first-order valence-corrected chi connectivity index (χ1v) is 5.35. The molecule has 2 heterocycles. The maximum Gasteiger partial charge on any atom is 0.0558 e. The van der Waals surface area contributed by atoms with Crippen LogP contribution in [-0.4, -0.2) is 4.98 Å². The molecule has 1 aromatic heterocycles. The van der Waals surface area contributed by atoms with Crippen LogP contribution in [0, 0.1) is 0 Å². The lowest BCUT2D eigenvalue weighted by Gasteiger charge is -2.16. The number of pyridine rings is 1. The Morgan fingerprint density at radius 2 is 2.00 bits per heavy atom. The van der Waals surface area contributed by atoms with Gasteiger partial charge in [-0.3, -0.25) is 4.98 Å². The maximum absolute atomic E-state index is 5.78. The Bertz CT molecular complexity index is 508. The molecule has 16 heavy (non-hydrogen) atoms. The van der Waals surface area contributed by atoms with Crippen molar-refractivity contribution in [3.8, 4) is 0 Å². The van der Waals surface area contributed by atoms with Crippen molar-refractivity contribution in [3.63, 3.8) is 0 Å². The van der Waals surface area contributed by atoms with Crippen LogP contribution in [0.1, 0.15) is 11.1 Å². The Morgan fingerprint density at radius 1 is 1.12 bits per heavy atom. The number of nitrogens with zero attached hydrogens (tertiary/aromatic N) is 2. The van der Waals surface area contributed by atoms with Crippen LogP contribution in [0.3, 0.4) is 0 Å². The van der Waals surface area contributed by atoms with E-state index in [1.54, 1.807) is 6.20 Å². The molecule has 2 N–H and O–H groups in total. The van der Waals surface area contributed by atoms with Crippen LogP contribution in [0.25, 0.3) is 0 Å². The summed E-state index contributed by atoms with van der Waals surface area (Å²) in [5.74, 6) is 0. The molecule has 3 heteroatoms. The molecule has 1 aliphatic rings. The van der Waals surface area contributed by atoms with E-state index >= 15 is 0 Å². The van der Waals surface area contributed by atoms with Gasteiger partial charge in [-0.05, 0) is 35.4 Å². The van der Waals surface area contributed by atoms with Gasteiger partial charge in [-0.25, -0.2) is 0 Å². The molecule has 0 fully saturated rings. The highest BCUT2D eigenvalue weighted by Gasteiger charge is 2.18. The second-order valence-corrected chi connectivity index (χ2v) is 4.10. The third kappa shape index (κ3) is 1.50. The van der Waals surface area contributed by atoms with Gasteiger partial charge in [0.05, 0.1) is 11.9 Å². The predicted molar refractivity (Wildman–Crippen MR) is 65.0 cm³/mol. The van der Waals surface area contributed by atoms with Crippen LogP contribution >= 0.6 is 0 Å². The van der Waals surface area contributed by atoms with Gasteiger partial charge in [0.15, 0.2) is 0 Å². The number of nitrogen functional groups attached to an aromatic ring is 1. The summed E-state index contributed by atoms with van der Waals surface area (Å²) in [7, 11) is 0. The van der Waals surface area contributed by atoms with Gasteiger partial charge in [-0.15, -0.1) is 0 Å². The van der Waals surface area contributed by atoms with Crippen molar-refractivity contribution < 1.29 is 0 Å². The van der Waals surface area contributed by atoms with Crippen LogP contribution in [0.2, 0.25) is 0 Å². The summed E-state index contributed by atoms with van der Waals surface area (Å²) in [4.78, 5) is 6.45. The molecule has 0 bridgehead atoms. The summed E-state index contributed by atoms with van der Waals surface area (Å²) in [6.45, 7) is 1.87. The number of hydrogen-bond donors (Lipinski definition) is 1. The molecule has 3 nitrogen and oxygen atoms in total. The van der Waals surface area contributed by atoms with Gasteiger partial charge < -0.3 is 10.6 Å². The quantitative estimate of drug-likeness (QED) is 0.735. The zero-order valence-corrected chi connectivity index (χ0v) is 8.93. The number of aromatic nitrogens is 1. The lowest BCUT2D eigenvalue weighted by molar-refractivity contribution is 0.876. The molecule has 0 saturated carbocycles. The van der Waals surface area contributed by atoms with Gasteiger partial charge in [0.1, 0.15) is 0 Å². The Balaban J connectivity index is 1.91. The van der Waals surface area contributed by atoms with E-state index in [-0.39, 0.29) is 0 Å². The summed E-state index contributed by atoms with van der Waals surface area (Å²) in [5.41, 5.74) is 10.5. The van der Waals surface area contributed by atoms with Crippen molar-refractivity contribution in [1.29, 1.82) is 0 Å². The van der Waals surface area contributed by atoms with Gasteiger partial charge in [0.2, 0.25) is 0 Å². The number of hydrogen-bond acceptors (Lipinski definition) is 3. The van der Waals surface area contributed by atoms with E-state index in [2.05, 4.69) is 28.1 Å². The van der Waals surface area contributed by atoms with E-state index in [0.717, 1.165) is 24.5 Å². The SMILES string of the molecule is Nc1ccc2c(c1)CN(c1cccnc1)C2. The number of fused-ring (bicyclic) bond motifs is 1. The standard InChI is InChI=1S/C13H13N3/c14-12-4-3-10-8-16(9-11(10)6-12)13-2-1-5-15-7-13/h1-7H,8-9,14H2. The highest BCUT2D eigenvalue weighted by molar-refractivity contribution is 5.54. The van der Waals surface area contributed by atoms with Crippen molar-refractivity contribution in [1.82, 2.24) is 4.98 Å². The molecule has 0 radical (unpaired) electrons. The van der Waals surface area contributed by atoms with Crippen LogP contribution in [0.4, 0.5) is 11.4 Å². The molecule has 80 valence electrons. The molecule has 0 saturated heterocycles. The summed E-state index contributed by atoms with van der Waals surface area (Å²) < 4.78 is 0. The molecule has 2 aromatic rings. The zero-order valence-electron chi connectivity index (χ0n) is 8.93. The first kappa shape index (κ1) is 9.21. The first-order valence-electron chi connectivity index (χ1n) is 5.35. The molecule has 1 aliphatic heterocycles. The second-order valence-electron chi connectivity index (χ2n) is 4.10. The Hall–Kier alpha value is -2.03. The van der Waals surface area contributed by atoms with Crippen LogP contribution < -0.4 is 10.6 Å². The van der Waals surface area contributed by atoms with E-state index in [1.165, 1.54) is 11.1 Å². The summed E-state index contributed by atoms with van der Waals surface area (Å²) in [6.07, 6.45) is 3.69. The van der Waals surface area contributed by atoms with E-state index in [4.69, 9.17) is 5.73 Å². The van der Waals surface area contributed by atoms with Crippen LogP contribution in [0.15, 0.2) is 42.7 Å². The molecule has 0 aliphatic carbocycles. The Kier molecular flexibility index (Phi) is 2.03. The average molecular weight is 211 g/mol. The summed E-state index contributed by atoms with van der Waals surface area (Å²) in [5, 5.41) is 0. The number of anilines is 2. The average Bonchev–Trinajstić information content (AvgIpc) is 2.73. The summed E-state index contributed by atoms with van der Waals surface area (Å²) in [6, 6.07) is 10.2. The summed E-state index contributed by atoms with van der Waals surface area (Å²) >= 11 is 0. The van der Waals surface area contributed by atoms with Crippen molar-refractivity contribution in [2.24, 2.45) is 0 Å². The fourth-order valence-corrected chi connectivity index (χ4v) is 2.14. The van der Waals surface area contributed by atoms with Crippen LogP contribution in [-0.2, 0) is 13.1 Å². The fourth-order valence-electron chi connectivity index (χ4n) is 2.14. The minimum Gasteiger partial charge on any atom is -0.399 e. The van der Waals surface area contributed by atoms with Crippen molar-refractivity contribution in [3.05, 3.63) is 53.9 Å². The van der Waals surface area contributed by atoms with Gasteiger partial charge in [-0.2, -0.15) is 0 Å². The third-order valence-corrected chi connectivity index (χ3v) is 2.96. The minimum absolute atomic E-state index is 0.840. The molecule has 3 rings (SSSR count). The number of rotatable bonds is 1. The zero-order chi connectivity index (χ0) is 11.0. The largest absolute Gasteiger partial charge is 0.399 e. The second kappa shape index (κ2) is 3.52. The van der Waals surface area contributed by atoms with E-state index < -0.39 is 0 Å². The first-order chi connectivity index (χ1) is 7.83. The molecule has 0 unspecified atom stereocenters. The van der Waals surface area contributed by atoms with Crippen molar-refractivity contribution in [2.45, 2.75) is 13.1 Å². The third-order valence-electron chi connectivity index (χ3n) is 2.96. The minimum atomic E-state index is 0.840. The number of benzene rings is 1. The van der Waals surface area contributed by atoms with E-state index in [0.29, 0.717) is 0 Å². The van der Waals surface area contributed by atoms with Gasteiger partial charge in [0.25, 0.3) is 0 Å². The molecule has 0 spiro atoms. The Labute approximate surface area is 94.5 Å². The monoisotopic (exact) mass is 211 g/mol. The molecular weight excluding hydrogens is 198 g/mol. The lowest BCUT2D eigenvalue weighted by atomic mass is 10.1. The highest BCUT2D eigenvalue weighted by Crippen LogP contribution is 2.28. The lowest BCUT2D eigenvalue weighted by Crippen LogP contribution is -2.14. The van der Waals surface area contributed by atoms with Crippen LogP contribution in [0.5, 0.6) is 0 Å². The van der Waals surface area contributed by atoms with Gasteiger partial charge in [0, 0.05) is 25.0 Å². The molecule has 0 amide bonds. The van der Waals surface area contributed by atoms with Crippen molar-refractivity contribution >= 4 is 11.4 Å². The smallest absolute Gasteiger partial charge is 0.0558 e.